The highest BCUT2D eigenvalue weighted by Gasteiger charge is 2.28. The van der Waals surface area contributed by atoms with Crippen molar-refractivity contribution in [1.82, 2.24) is 0 Å². The number of hydrogen-bond acceptors (Lipinski definition) is 4. The van der Waals surface area contributed by atoms with Crippen LogP contribution in [0.15, 0.2) is 24.3 Å². The molecule has 22 heavy (non-hydrogen) atoms. The minimum atomic E-state index is -1.13. The number of aliphatic hydroxyl groups excluding tert-OH is 2. The summed E-state index contributed by atoms with van der Waals surface area (Å²) in [4.78, 5) is 20.8. The molecule has 0 bridgehead atoms. The first-order valence-corrected chi connectivity index (χ1v) is 6.88. The summed E-state index contributed by atoms with van der Waals surface area (Å²) in [6.45, 7) is 7.64. The highest BCUT2D eigenvalue weighted by atomic mass is 16.4. The fourth-order valence-corrected chi connectivity index (χ4v) is 1.78. The Bertz CT molecular complexity index is 478. The van der Waals surface area contributed by atoms with E-state index < -0.39 is 18.0 Å². The third-order valence-corrected chi connectivity index (χ3v) is 3.20. The predicted molar refractivity (Wildman–Crippen MR) is 82.1 cm³/mol. The van der Waals surface area contributed by atoms with Crippen LogP contribution in [-0.2, 0) is 0 Å². The van der Waals surface area contributed by atoms with Crippen molar-refractivity contribution in [1.29, 1.82) is 0 Å². The monoisotopic (exact) mass is 312 g/mol. The third-order valence-electron chi connectivity index (χ3n) is 3.20. The maximum Gasteiger partial charge on any atom is 0.335 e. The van der Waals surface area contributed by atoms with Crippen LogP contribution in [0.5, 0.6) is 0 Å². The minimum Gasteiger partial charge on any atom is -0.478 e. The van der Waals surface area contributed by atoms with E-state index in [0.29, 0.717) is 0 Å². The molecule has 6 nitrogen and oxygen atoms in total. The molecule has 0 radical (unpaired) electrons. The van der Waals surface area contributed by atoms with Crippen molar-refractivity contribution in [3.8, 4) is 0 Å². The Hall–Kier alpha value is -1.92. The lowest BCUT2D eigenvalue weighted by Gasteiger charge is -2.30. The first-order chi connectivity index (χ1) is 10.0. The van der Waals surface area contributed by atoms with Crippen LogP contribution < -0.4 is 0 Å². The smallest absolute Gasteiger partial charge is 0.335 e. The highest BCUT2D eigenvalue weighted by molar-refractivity contribution is 5.93. The van der Waals surface area contributed by atoms with Gasteiger partial charge in [0, 0.05) is 5.41 Å². The van der Waals surface area contributed by atoms with Crippen LogP contribution in [0.25, 0.3) is 0 Å². The summed E-state index contributed by atoms with van der Waals surface area (Å²) in [5.74, 6) is -2.04. The van der Waals surface area contributed by atoms with Crippen molar-refractivity contribution in [2.75, 3.05) is 6.61 Å². The van der Waals surface area contributed by atoms with Crippen molar-refractivity contribution >= 4 is 11.9 Å². The van der Waals surface area contributed by atoms with E-state index in [1.807, 2.05) is 27.7 Å². The van der Waals surface area contributed by atoms with Gasteiger partial charge in [0.15, 0.2) is 0 Å². The van der Waals surface area contributed by atoms with E-state index in [2.05, 4.69) is 0 Å². The van der Waals surface area contributed by atoms with Crippen molar-refractivity contribution in [2.45, 2.75) is 33.8 Å². The maximum absolute atomic E-state index is 10.4. The molecule has 1 atom stereocenters. The molecule has 1 unspecified atom stereocenters. The van der Waals surface area contributed by atoms with E-state index in [4.69, 9.17) is 15.3 Å². The van der Waals surface area contributed by atoms with Crippen molar-refractivity contribution in [2.24, 2.45) is 11.3 Å². The Kier molecular flexibility index (Phi) is 7.76. The number of carboxylic acids is 2. The summed E-state index contributed by atoms with van der Waals surface area (Å²) in [5.41, 5.74) is -0.404. The molecule has 0 aromatic heterocycles. The normalized spacial score (nSPS) is 12.3. The average Bonchev–Trinajstić information content (AvgIpc) is 2.47. The van der Waals surface area contributed by atoms with Crippen molar-refractivity contribution in [3.63, 3.8) is 0 Å². The molecule has 4 N–H and O–H groups in total. The zero-order valence-corrected chi connectivity index (χ0v) is 13.3. The molecular formula is C16H24O6. The molecule has 0 fully saturated rings. The van der Waals surface area contributed by atoms with Gasteiger partial charge in [0.2, 0.25) is 0 Å². The molecule has 124 valence electrons. The second-order valence-electron chi connectivity index (χ2n) is 6.03. The second-order valence-corrected chi connectivity index (χ2v) is 6.03. The molecule has 0 saturated carbocycles. The van der Waals surface area contributed by atoms with Gasteiger partial charge in [-0.15, -0.1) is 0 Å². The summed E-state index contributed by atoms with van der Waals surface area (Å²) in [5, 5.41) is 35.3. The van der Waals surface area contributed by atoms with E-state index in [1.165, 1.54) is 18.2 Å². The largest absolute Gasteiger partial charge is 0.478 e. The fraction of sp³-hybridized carbons (Fsp3) is 0.500. The zero-order chi connectivity index (χ0) is 17.5. The Balaban J connectivity index is 0.000000409. The van der Waals surface area contributed by atoms with Gasteiger partial charge in [-0.1, -0.05) is 33.8 Å². The van der Waals surface area contributed by atoms with Gasteiger partial charge in [0.1, 0.15) is 0 Å². The molecule has 0 heterocycles. The van der Waals surface area contributed by atoms with Gasteiger partial charge in [0.25, 0.3) is 0 Å². The molecule has 1 aromatic carbocycles. The molecule has 0 aliphatic rings. The van der Waals surface area contributed by atoms with Crippen LogP contribution in [0, 0.1) is 11.3 Å². The number of carboxylic acid groups (broad SMARTS) is 2. The van der Waals surface area contributed by atoms with Gasteiger partial charge >= 0.3 is 11.9 Å². The zero-order valence-electron chi connectivity index (χ0n) is 13.3. The first-order valence-electron chi connectivity index (χ1n) is 6.88. The number of aromatic carboxylic acids is 2. The average molecular weight is 312 g/mol. The maximum atomic E-state index is 10.4. The lowest BCUT2D eigenvalue weighted by molar-refractivity contribution is -0.0204. The van der Waals surface area contributed by atoms with E-state index in [0.717, 1.165) is 6.07 Å². The Morgan fingerprint density at radius 3 is 1.73 bits per heavy atom. The number of hydrogen-bond donors (Lipinski definition) is 4. The predicted octanol–water partition coefficient (Wildman–Crippen LogP) is 2.10. The molecular weight excluding hydrogens is 288 g/mol. The Labute approximate surface area is 130 Å². The molecule has 0 aliphatic carbocycles. The van der Waals surface area contributed by atoms with Crippen LogP contribution in [-0.4, -0.2) is 45.1 Å². The van der Waals surface area contributed by atoms with E-state index in [1.54, 1.807) is 0 Å². The molecule has 6 heteroatoms. The molecule has 0 amide bonds. The van der Waals surface area contributed by atoms with Crippen molar-refractivity contribution in [3.05, 3.63) is 35.4 Å². The fourth-order valence-electron chi connectivity index (χ4n) is 1.78. The van der Waals surface area contributed by atoms with Gasteiger partial charge in [-0.3, -0.25) is 0 Å². The molecule has 0 saturated heterocycles. The van der Waals surface area contributed by atoms with Crippen LogP contribution in [0.1, 0.15) is 48.4 Å². The number of benzene rings is 1. The highest BCUT2D eigenvalue weighted by Crippen LogP contribution is 2.24. The third kappa shape index (κ3) is 6.24. The quantitative estimate of drug-likeness (QED) is 0.662. The van der Waals surface area contributed by atoms with Gasteiger partial charge in [-0.25, -0.2) is 9.59 Å². The van der Waals surface area contributed by atoms with E-state index in [-0.39, 0.29) is 29.1 Å². The second kappa shape index (κ2) is 8.51. The lowest BCUT2D eigenvalue weighted by Crippen LogP contribution is -2.36. The number of carbonyl (C=O) groups is 2. The SMILES string of the molecule is CC(C)C(O)C(C)(C)CO.O=C(O)c1cccc(C(=O)O)c1. The summed E-state index contributed by atoms with van der Waals surface area (Å²) >= 11 is 0. The van der Waals surface area contributed by atoms with Gasteiger partial charge in [-0.2, -0.15) is 0 Å². The first kappa shape index (κ1) is 20.1. The van der Waals surface area contributed by atoms with Gasteiger partial charge < -0.3 is 20.4 Å². The van der Waals surface area contributed by atoms with Crippen LogP contribution in [0.4, 0.5) is 0 Å². The lowest BCUT2D eigenvalue weighted by atomic mass is 9.82. The summed E-state index contributed by atoms with van der Waals surface area (Å²) in [6, 6.07) is 5.20. The van der Waals surface area contributed by atoms with E-state index >= 15 is 0 Å². The topological polar surface area (TPSA) is 115 Å². The summed E-state index contributed by atoms with van der Waals surface area (Å²) in [7, 11) is 0. The van der Waals surface area contributed by atoms with Crippen molar-refractivity contribution < 1.29 is 30.0 Å². The van der Waals surface area contributed by atoms with E-state index in [9.17, 15) is 14.7 Å². The molecule has 1 rings (SSSR count). The number of rotatable bonds is 5. The van der Waals surface area contributed by atoms with Gasteiger partial charge in [0.05, 0.1) is 23.8 Å². The molecule has 0 spiro atoms. The summed E-state index contributed by atoms with van der Waals surface area (Å²) < 4.78 is 0. The minimum absolute atomic E-state index is 0.0186. The standard InChI is InChI=1S/C8H6O4.C8H18O2/c9-7(10)5-2-1-3-6(4-5)8(11)12;1-6(2)7(10)8(3,4)5-9/h1-4H,(H,9,10)(H,11,12);6-7,9-10H,5H2,1-4H3. The number of aliphatic hydroxyl groups is 2. The Morgan fingerprint density at radius 2 is 1.50 bits per heavy atom. The Morgan fingerprint density at radius 1 is 1.09 bits per heavy atom. The van der Waals surface area contributed by atoms with Crippen LogP contribution in [0.2, 0.25) is 0 Å². The van der Waals surface area contributed by atoms with Crippen LogP contribution in [0.3, 0.4) is 0 Å². The molecule has 0 aliphatic heterocycles. The van der Waals surface area contributed by atoms with Gasteiger partial charge in [-0.05, 0) is 24.1 Å². The van der Waals surface area contributed by atoms with Crippen LogP contribution >= 0.6 is 0 Å². The molecule has 1 aromatic rings. The summed E-state index contributed by atoms with van der Waals surface area (Å²) in [6.07, 6.45) is -0.419.